The molecule has 6 rings (SSSR count). The Balaban J connectivity index is 1.34. The molecule has 0 bridgehead atoms. The molecule has 2 aliphatic rings. The van der Waals surface area contributed by atoms with Crippen molar-refractivity contribution in [2.75, 3.05) is 36.4 Å². The lowest BCUT2D eigenvalue weighted by Gasteiger charge is -2.29. The number of pyridine rings is 3. The van der Waals surface area contributed by atoms with Gasteiger partial charge in [-0.05, 0) is 48.7 Å². The highest BCUT2D eigenvalue weighted by atomic mass is 32.1. The molecule has 1 unspecified atom stereocenters. The zero-order valence-corrected chi connectivity index (χ0v) is 19.3. The maximum atomic E-state index is 5.60. The Bertz CT molecular complexity index is 1310. The van der Waals surface area contributed by atoms with E-state index in [2.05, 4.69) is 48.3 Å². The molecule has 8 heteroatoms. The molecule has 1 atom stereocenters. The first-order valence-electron chi connectivity index (χ1n) is 11.7. The first kappa shape index (κ1) is 20.5. The molecule has 2 fully saturated rings. The van der Waals surface area contributed by atoms with Gasteiger partial charge in [0, 0.05) is 61.5 Å². The molecular formula is C25H27N7S. The van der Waals surface area contributed by atoms with Crippen molar-refractivity contribution in [2.45, 2.75) is 31.7 Å². The molecule has 0 radical (unpaired) electrons. The summed E-state index contributed by atoms with van der Waals surface area (Å²) in [6.45, 7) is 4.05. The lowest BCUT2D eigenvalue weighted by atomic mass is 9.95. The van der Waals surface area contributed by atoms with Gasteiger partial charge in [-0.25, -0.2) is 9.97 Å². The molecule has 1 aliphatic heterocycles. The maximum absolute atomic E-state index is 5.60. The van der Waals surface area contributed by atoms with Crippen LogP contribution in [0.1, 0.15) is 31.7 Å². The van der Waals surface area contributed by atoms with Crippen LogP contribution in [0, 0.1) is 0 Å². The van der Waals surface area contributed by atoms with Gasteiger partial charge in [0.25, 0.3) is 0 Å². The smallest absolute Gasteiger partial charge is 0.133 e. The van der Waals surface area contributed by atoms with Crippen molar-refractivity contribution < 1.29 is 0 Å². The lowest BCUT2D eigenvalue weighted by molar-refractivity contribution is 0.469. The highest BCUT2D eigenvalue weighted by Crippen LogP contribution is 2.37. The molecule has 0 spiro atoms. The van der Waals surface area contributed by atoms with Crippen LogP contribution in [-0.2, 0) is 0 Å². The van der Waals surface area contributed by atoms with Crippen molar-refractivity contribution in [2.24, 2.45) is 0 Å². The van der Waals surface area contributed by atoms with E-state index in [0.29, 0.717) is 6.04 Å². The van der Waals surface area contributed by atoms with E-state index in [9.17, 15) is 0 Å². The molecule has 7 nitrogen and oxygen atoms in total. The quantitative estimate of drug-likeness (QED) is 0.433. The van der Waals surface area contributed by atoms with Crippen LogP contribution in [0.15, 0.2) is 49.1 Å². The Hall–Kier alpha value is -3.10. The number of hydrogen-bond acceptors (Lipinski definition) is 7. The largest absolute Gasteiger partial charge is 0.368 e. The van der Waals surface area contributed by atoms with Crippen molar-refractivity contribution in [1.29, 1.82) is 0 Å². The average Bonchev–Trinajstić information content (AvgIpc) is 3.19. The SMILES string of the molecule is S=C1CCCC(n2c3cnccc3c3cnc(Nc4ccc(N5CCNCC5)cn4)cc32)C1. The van der Waals surface area contributed by atoms with E-state index in [1.165, 1.54) is 15.8 Å². The predicted molar refractivity (Wildman–Crippen MR) is 138 cm³/mol. The summed E-state index contributed by atoms with van der Waals surface area (Å²) in [5.74, 6) is 1.59. The summed E-state index contributed by atoms with van der Waals surface area (Å²) in [4.78, 5) is 17.3. The van der Waals surface area contributed by atoms with Crippen LogP contribution >= 0.6 is 12.2 Å². The van der Waals surface area contributed by atoms with Crippen molar-refractivity contribution >= 4 is 56.2 Å². The third kappa shape index (κ3) is 3.94. The fourth-order valence-corrected chi connectivity index (χ4v) is 5.51. The van der Waals surface area contributed by atoms with Gasteiger partial charge in [0.05, 0.1) is 29.1 Å². The number of nitrogens with zero attached hydrogens (tertiary/aromatic N) is 5. The minimum absolute atomic E-state index is 0.363. The van der Waals surface area contributed by atoms with Gasteiger partial charge in [-0.1, -0.05) is 12.2 Å². The molecule has 4 aromatic rings. The molecule has 4 aromatic heterocycles. The van der Waals surface area contributed by atoms with Crippen molar-refractivity contribution in [3.63, 3.8) is 0 Å². The summed E-state index contributed by atoms with van der Waals surface area (Å²) in [5.41, 5.74) is 3.48. The summed E-state index contributed by atoms with van der Waals surface area (Å²) in [7, 11) is 0. The van der Waals surface area contributed by atoms with Crippen LogP contribution in [0.5, 0.6) is 0 Å². The Morgan fingerprint density at radius 1 is 0.970 bits per heavy atom. The first-order valence-corrected chi connectivity index (χ1v) is 12.1. The van der Waals surface area contributed by atoms with E-state index in [1.54, 1.807) is 0 Å². The number of rotatable bonds is 4. The van der Waals surface area contributed by atoms with Crippen molar-refractivity contribution in [1.82, 2.24) is 24.8 Å². The van der Waals surface area contributed by atoms with Crippen molar-refractivity contribution in [3.05, 3.63) is 49.1 Å². The van der Waals surface area contributed by atoms with Crippen LogP contribution in [-0.4, -0.2) is 50.6 Å². The minimum atomic E-state index is 0.363. The summed E-state index contributed by atoms with van der Waals surface area (Å²) >= 11 is 5.60. The van der Waals surface area contributed by atoms with E-state index in [0.717, 1.165) is 80.1 Å². The Kier molecular flexibility index (Phi) is 5.39. The maximum Gasteiger partial charge on any atom is 0.133 e. The summed E-state index contributed by atoms with van der Waals surface area (Å²) in [6.07, 6.45) is 12.0. The van der Waals surface area contributed by atoms with Gasteiger partial charge in [-0.3, -0.25) is 4.98 Å². The van der Waals surface area contributed by atoms with Crippen LogP contribution in [0.3, 0.4) is 0 Å². The summed E-state index contributed by atoms with van der Waals surface area (Å²) in [5, 5.41) is 9.13. The van der Waals surface area contributed by atoms with Gasteiger partial charge in [0.15, 0.2) is 0 Å². The van der Waals surface area contributed by atoms with Gasteiger partial charge in [0.2, 0.25) is 0 Å². The van der Waals surface area contributed by atoms with E-state index in [4.69, 9.17) is 17.2 Å². The van der Waals surface area contributed by atoms with Gasteiger partial charge in [-0.15, -0.1) is 0 Å². The zero-order valence-electron chi connectivity index (χ0n) is 18.5. The average molecular weight is 458 g/mol. The second-order valence-corrected chi connectivity index (χ2v) is 9.48. The number of aromatic nitrogens is 4. The van der Waals surface area contributed by atoms with E-state index in [1.807, 2.05) is 30.9 Å². The lowest BCUT2D eigenvalue weighted by Crippen LogP contribution is -2.43. The van der Waals surface area contributed by atoms with E-state index in [-0.39, 0.29) is 0 Å². The first-order chi connectivity index (χ1) is 16.3. The van der Waals surface area contributed by atoms with Gasteiger partial charge >= 0.3 is 0 Å². The normalized spacial score (nSPS) is 19.3. The molecule has 0 aromatic carbocycles. The topological polar surface area (TPSA) is 70.9 Å². The predicted octanol–water partition coefficient (Wildman–Crippen LogP) is 4.62. The van der Waals surface area contributed by atoms with Crippen LogP contribution in [0.2, 0.25) is 0 Å². The highest BCUT2D eigenvalue weighted by molar-refractivity contribution is 7.80. The Morgan fingerprint density at radius 2 is 1.85 bits per heavy atom. The second-order valence-electron chi connectivity index (χ2n) is 8.90. The molecule has 33 heavy (non-hydrogen) atoms. The van der Waals surface area contributed by atoms with Crippen LogP contribution in [0.25, 0.3) is 21.8 Å². The number of hydrogen-bond donors (Lipinski definition) is 2. The monoisotopic (exact) mass is 457 g/mol. The second kappa shape index (κ2) is 8.68. The minimum Gasteiger partial charge on any atom is -0.368 e. The molecule has 5 heterocycles. The molecule has 2 N–H and O–H groups in total. The number of fused-ring (bicyclic) bond motifs is 3. The summed E-state index contributed by atoms with van der Waals surface area (Å²) in [6, 6.07) is 8.74. The molecule has 168 valence electrons. The number of piperazine rings is 1. The number of anilines is 3. The summed E-state index contributed by atoms with van der Waals surface area (Å²) < 4.78 is 2.43. The van der Waals surface area contributed by atoms with E-state index >= 15 is 0 Å². The molecular weight excluding hydrogens is 430 g/mol. The highest BCUT2D eigenvalue weighted by Gasteiger charge is 2.23. The molecule has 1 aliphatic carbocycles. The van der Waals surface area contributed by atoms with Crippen LogP contribution < -0.4 is 15.5 Å². The Labute approximate surface area is 198 Å². The van der Waals surface area contributed by atoms with Crippen LogP contribution in [0.4, 0.5) is 17.3 Å². The Morgan fingerprint density at radius 3 is 2.67 bits per heavy atom. The fraction of sp³-hybridized carbons (Fsp3) is 0.360. The molecule has 1 saturated carbocycles. The van der Waals surface area contributed by atoms with E-state index < -0.39 is 0 Å². The zero-order chi connectivity index (χ0) is 22.2. The number of nitrogens with one attached hydrogen (secondary N) is 2. The fourth-order valence-electron chi connectivity index (χ4n) is 5.17. The van der Waals surface area contributed by atoms with Gasteiger partial charge < -0.3 is 20.1 Å². The third-order valence-electron chi connectivity index (χ3n) is 6.80. The third-order valence-corrected chi connectivity index (χ3v) is 7.17. The van der Waals surface area contributed by atoms with Gasteiger partial charge in [0.1, 0.15) is 11.6 Å². The van der Waals surface area contributed by atoms with Gasteiger partial charge in [-0.2, -0.15) is 0 Å². The standard InChI is InChI=1S/C25H27N7S/c33-19-3-1-2-17(12-19)32-22-13-25(29-15-21(22)20-6-7-27-16-23(20)32)30-24-5-4-18(14-28-24)31-10-8-26-9-11-31/h4-7,13-17,26H,1-3,8-12H2,(H,28,29,30). The molecule has 1 saturated heterocycles. The molecule has 0 amide bonds. The number of thiocarbonyl (C=S) groups is 1. The van der Waals surface area contributed by atoms with Crippen molar-refractivity contribution in [3.8, 4) is 0 Å².